The molecule has 0 saturated carbocycles. The van der Waals surface area contributed by atoms with Gasteiger partial charge in [0.2, 0.25) is 11.8 Å². The largest absolute Gasteiger partial charge is 0.358 e. The molecule has 2 amide bonds. The Morgan fingerprint density at radius 2 is 1.92 bits per heavy atom. The highest BCUT2D eigenvalue weighted by atomic mass is 16.2. The van der Waals surface area contributed by atoms with E-state index in [4.69, 9.17) is 0 Å². The maximum atomic E-state index is 11.1. The van der Waals surface area contributed by atoms with Gasteiger partial charge in [-0.15, -0.1) is 0 Å². The van der Waals surface area contributed by atoms with Crippen molar-refractivity contribution in [3.63, 3.8) is 0 Å². The molecule has 0 heterocycles. The van der Waals surface area contributed by atoms with Crippen LogP contribution in [0.3, 0.4) is 0 Å². The number of likely N-dealkylation sites (N-methyl/N-ethyl adjacent to an activating group) is 2. The van der Waals surface area contributed by atoms with Gasteiger partial charge in [0.1, 0.15) is 0 Å². The van der Waals surface area contributed by atoms with Crippen LogP contribution < -0.4 is 10.6 Å². The van der Waals surface area contributed by atoms with Crippen LogP contribution in [0.25, 0.3) is 0 Å². The fraction of sp³-hybridized carbons (Fsp3) is 0.750. The molecular weight excluding hydrogens is 170 g/mol. The van der Waals surface area contributed by atoms with E-state index in [1.807, 2.05) is 0 Å². The number of carbonyl (C=O) groups is 2. The third-order valence-corrected chi connectivity index (χ3v) is 1.70. The topological polar surface area (TPSA) is 61.4 Å². The average molecular weight is 187 g/mol. The molecule has 76 valence electrons. The summed E-state index contributed by atoms with van der Waals surface area (Å²) in [6.45, 7) is 1.89. The van der Waals surface area contributed by atoms with Gasteiger partial charge in [-0.25, -0.2) is 0 Å². The van der Waals surface area contributed by atoms with Crippen LogP contribution >= 0.6 is 0 Å². The molecule has 0 aliphatic rings. The molecule has 0 spiro atoms. The molecule has 0 aliphatic carbocycles. The summed E-state index contributed by atoms with van der Waals surface area (Å²) in [6.07, 6.45) is 0. The first kappa shape index (κ1) is 11.9. The van der Waals surface area contributed by atoms with E-state index in [1.165, 1.54) is 4.90 Å². The zero-order chi connectivity index (χ0) is 10.4. The zero-order valence-corrected chi connectivity index (χ0v) is 8.55. The second-order valence-corrected chi connectivity index (χ2v) is 3.01. The van der Waals surface area contributed by atoms with Crippen LogP contribution in [0.4, 0.5) is 0 Å². The standard InChI is InChI=1S/C8H17N3O2/c1-6(8(13)9-2)10-5-7(12)11(3)4/h6,10H,5H2,1-4H3,(H,9,13). The van der Waals surface area contributed by atoms with E-state index < -0.39 is 0 Å². The fourth-order valence-corrected chi connectivity index (χ4v) is 0.708. The SMILES string of the molecule is CNC(=O)C(C)NCC(=O)N(C)C. The lowest BCUT2D eigenvalue weighted by Gasteiger charge is -2.14. The summed E-state index contributed by atoms with van der Waals surface area (Å²) in [5.74, 6) is -0.165. The van der Waals surface area contributed by atoms with E-state index >= 15 is 0 Å². The van der Waals surface area contributed by atoms with Crippen molar-refractivity contribution >= 4 is 11.8 Å². The lowest BCUT2D eigenvalue weighted by atomic mass is 10.3. The number of nitrogens with one attached hydrogen (secondary N) is 2. The predicted octanol–water partition coefficient (Wildman–Crippen LogP) is -1.20. The number of carbonyl (C=O) groups excluding carboxylic acids is 2. The molecule has 0 aliphatic heterocycles. The zero-order valence-electron chi connectivity index (χ0n) is 8.55. The van der Waals surface area contributed by atoms with Crippen LogP contribution in [0.15, 0.2) is 0 Å². The Morgan fingerprint density at radius 3 is 2.31 bits per heavy atom. The Kier molecular flexibility index (Phi) is 5.06. The van der Waals surface area contributed by atoms with Crippen molar-refractivity contribution in [3.05, 3.63) is 0 Å². The number of hydrogen-bond donors (Lipinski definition) is 2. The van der Waals surface area contributed by atoms with Gasteiger partial charge in [-0.1, -0.05) is 0 Å². The van der Waals surface area contributed by atoms with Crippen molar-refractivity contribution in [2.75, 3.05) is 27.7 Å². The first-order valence-corrected chi connectivity index (χ1v) is 4.14. The van der Waals surface area contributed by atoms with Gasteiger partial charge in [0, 0.05) is 21.1 Å². The molecule has 2 N–H and O–H groups in total. The average Bonchev–Trinajstić information content (AvgIpc) is 2.11. The smallest absolute Gasteiger partial charge is 0.236 e. The Hall–Kier alpha value is -1.10. The summed E-state index contributed by atoms with van der Waals surface area (Å²) in [5.41, 5.74) is 0. The summed E-state index contributed by atoms with van der Waals surface area (Å²) < 4.78 is 0. The monoisotopic (exact) mass is 187 g/mol. The summed E-state index contributed by atoms with van der Waals surface area (Å²) in [5, 5.41) is 5.30. The van der Waals surface area contributed by atoms with Gasteiger partial charge in [0.15, 0.2) is 0 Å². The number of rotatable bonds is 4. The summed E-state index contributed by atoms with van der Waals surface area (Å²) in [6, 6.07) is -0.339. The molecule has 0 saturated heterocycles. The Morgan fingerprint density at radius 1 is 1.38 bits per heavy atom. The number of amides is 2. The molecule has 5 nitrogen and oxygen atoms in total. The van der Waals surface area contributed by atoms with Gasteiger partial charge in [0.25, 0.3) is 0 Å². The fourth-order valence-electron chi connectivity index (χ4n) is 0.708. The highest BCUT2D eigenvalue weighted by molar-refractivity contribution is 5.82. The Labute approximate surface area is 78.5 Å². The summed E-state index contributed by atoms with van der Waals surface area (Å²) in [7, 11) is 4.91. The summed E-state index contributed by atoms with van der Waals surface area (Å²) in [4.78, 5) is 23.6. The van der Waals surface area contributed by atoms with Crippen LogP contribution in [0.5, 0.6) is 0 Å². The minimum Gasteiger partial charge on any atom is -0.358 e. The van der Waals surface area contributed by atoms with Gasteiger partial charge >= 0.3 is 0 Å². The van der Waals surface area contributed by atoms with Crippen LogP contribution in [0.1, 0.15) is 6.92 Å². The van der Waals surface area contributed by atoms with Crippen LogP contribution in [0.2, 0.25) is 0 Å². The predicted molar refractivity (Wildman–Crippen MR) is 50.2 cm³/mol. The first-order valence-electron chi connectivity index (χ1n) is 4.14. The Bertz CT molecular complexity index is 192. The normalized spacial score (nSPS) is 12.0. The highest BCUT2D eigenvalue weighted by Gasteiger charge is 2.12. The molecule has 0 rings (SSSR count). The van der Waals surface area contributed by atoms with Crippen molar-refractivity contribution in [2.45, 2.75) is 13.0 Å². The third kappa shape index (κ3) is 4.47. The lowest BCUT2D eigenvalue weighted by molar-refractivity contribution is -0.128. The maximum absolute atomic E-state index is 11.1. The summed E-state index contributed by atoms with van der Waals surface area (Å²) >= 11 is 0. The maximum Gasteiger partial charge on any atom is 0.236 e. The van der Waals surface area contributed by atoms with Crippen molar-refractivity contribution in [1.29, 1.82) is 0 Å². The van der Waals surface area contributed by atoms with E-state index in [0.29, 0.717) is 0 Å². The van der Waals surface area contributed by atoms with Gasteiger partial charge in [-0.2, -0.15) is 0 Å². The molecule has 0 fully saturated rings. The van der Waals surface area contributed by atoms with Gasteiger partial charge in [0.05, 0.1) is 12.6 Å². The second-order valence-electron chi connectivity index (χ2n) is 3.01. The molecule has 0 aromatic heterocycles. The van der Waals surface area contributed by atoms with Crippen molar-refractivity contribution in [2.24, 2.45) is 0 Å². The molecule has 1 unspecified atom stereocenters. The van der Waals surface area contributed by atoms with E-state index in [-0.39, 0.29) is 24.4 Å². The van der Waals surface area contributed by atoms with Crippen LogP contribution in [-0.4, -0.2) is 50.4 Å². The quantitative estimate of drug-likeness (QED) is 0.581. The van der Waals surface area contributed by atoms with Crippen LogP contribution in [-0.2, 0) is 9.59 Å². The lowest BCUT2D eigenvalue weighted by Crippen LogP contribution is -2.44. The highest BCUT2D eigenvalue weighted by Crippen LogP contribution is 1.82. The molecule has 0 radical (unpaired) electrons. The minimum absolute atomic E-state index is 0.0456. The van der Waals surface area contributed by atoms with Crippen molar-refractivity contribution in [3.8, 4) is 0 Å². The molecular formula is C8H17N3O2. The second kappa shape index (κ2) is 5.53. The number of hydrogen-bond acceptors (Lipinski definition) is 3. The van der Waals surface area contributed by atoms with Crippen molar-refractivity contribution < 1.29 is 9.59 Å². The van der Waals surface area contributed by atoms with Gasteiger partial charge < -0.3 is 10.2 Å². The Balaban J connectivity index is 3.76. The van der Waals surface area contributed by atoms with E-state index in [0.717, 1.165) is 0 Å². The number of nitrogens with zero attached hydrogens (tertiary/aromatic N) is 1. The van der Waals surface area contributed by atoms with E-state index in [1.54, 1.807) is 28.1 Å². The van der Waals surface area contributed by atoms with E-state index in [9.17, 15) is 9.59 Å². The molecule has 0 bridgehead atoms. The molecule has 5 heteroatoms. The molecule has 13 heavy (non-hydrogen) atoms. The molecule has 1 atom stereocenters. The van der Waals surface area contributed by atoms with Gasteiger partial charge in [-0.3, -0.25) is 14.9 Å². The molecule has 0 aromatic carbocycles. The first-order chi connectivity index (χ1) is 5.99. The third-order valence-electron chi connectivity index (χ3n) is 1.70. The minimum atomic E-state index is -0.339. The molecule has 0 aromatic rings. The van der Waals surface area contributed by atoms with E-state index in [2.05, 4.69) is 10.6 Å². The van der Waals surface area contributed by atoms with Crippen LogP contribution in [0, 0.1) is 0 Å². The van der Waals surface area contributed by atoms with Crippen molar-refractivity contribution in [1.82, 2.24) is 15.5 Å². The van der Waals surface area contributed by atoms with Gasteiger partial charge in [-0.05, 0) is 6.92 Å².